The summed E-state index contributed by atoms with van der Waals surface area (Å²) in [6.07, 6.45) is 2.57. The van der Waals surface area contributed by atoms with Crippen molar-refractivity contribution < 1.29 is 0 Å². The Morgan fingerprint density at radius 2 is 2.42 bits per heavy atom. The summed E-state index contributed by atoms with van der Waals surface area (Å²) in [5.41, 5.74) is 0.693. The van der Waals surface area contributed by atoms with E-state index in [1.807, 2.05) is 0 Å². The van der Waals surface area contributed by atoms with Crippen LogP contribution in [0.3, 0.4) is 0 Å². The van der Waals surface area contributed by atoms with Crippen molar-refractivity contribution in [3.05, 3.63) is 26.6 Å². The van der Waals surface area contributed by atoms with Gasteiger partial charge < -0.3 is 15.7 Å². The highest BCUT2D eigenvalue weighted by molar-refractivity contribution is 9.10. The smallest absolute Gasteiger partial charge is 0.258 e. The largest absolute Gasteiger partial charge is 0.386 e. The number of H-pyrrole nitrogens is 1. The SMILES string of the molecule is CNc1c(Br)c[nH]c(=O)c1C=N. The van der Waals surface area contributed by atoms with Crippen LogP contribution in [-0.2, 0) is 0 Å². The highest BCUT2D eigenvalue weighted by Gasteiger charge is 2.06. The molecule has 0 aromatic carbocycles. The quantitative estimate of drug-likeness (QED) is 0.667. The van der Waals surface area contributed by atoms with Gasteiger partial charge in [-0.2, -0.15) is 0 Å². The number of aromatic amines is 1. The van der Waals surface area contributed by atoms with E-state index >= 15 is 0 Å². The Labute approximate surface area is 77.6 Å². The molecule has 0 aliphatic rings. The first-order valence-corrected chi connectivity index (χ1v) is 4.09. The summed E-state index contributed by atoms with van der Waals surface area (Å²) in [5, 5.41) is 9.86. The highest BCUT2D eigenvalue weighted by Crippen LogP contribution is 2.20. The second kappa shape index (κ2) is 3.53. The van der Waals surface area contributed by atoms with Crippen LogP contribution in [0.5, 0.6) is 0 Å². The van der Waals surface area contributed by atoms with E-state index in [4.69, 9.17) is 5.41 Å². The molecule has 0 spiro atoms. The predicted molar refractivity (Wildman–Crippen MR) is 52.2 cm³/mol. The second-order valence-electron chi connectivity index (χ2n) is 2.15. The van der Waals surface area contributed by atoms with Crippen LogP contribution in [0.25, 0.3) is 0 Å². The van der Waals surface area contributed by atoms with Crippen LogP contribution in [0, 0.1) is 5.41 Å². The molecule has 1 heterocycles. The molecule has 0 atom stereocenters. The minimum atomic E-state index is -0.266. The van der Waals surface area contributed by atoms with E-state index in [1.165, 1.54) is 0 Å². The molecule has 0 saturated heterocycles. The van der Waals surface area contributed by atoms with Crippen LogP contribution >= 0.6 is 15.9 Å². The van der Waals surface area contributed by atoms with Gasteiger partial charge in [0.1, 0.15) is 0 Å². The molecule has 4 nitrogen and oxygen atoms in total. The zero-order valence-corrected chi connectivity index (χ0v) is 8.03. The molecule has 1 aromatic heterocycles. The Morgan fingerprint density at radius 1 is 1.75 bits per heavy atom. The van der Waals surface area contributed by atoms with Gasteiger partial charge in [0.25, 0.3) is 5.56 Å². The van der Waals surface area contributed by atoms with Gasteiger partial charge in [-0.3, -0.25) is 4.79 Å². The number of halogens is 1. The summed E-state index contributed by atoms with van der Waals surface area (Å²) >= 11 is 3.25. The number of pyridine rings is 1. The molecule has 1 rings (SSSR count). The van der Waals surface area contributed by atoms with Crippen molar-refractivity contribution in [2.75, 3.05) is 12.4 Å². The molecule has 5 heteroatoms. The summed E-state index contributed by atoms with van der Waals surface area (Å²) in [5.74, 6) is 0. The lowest BCUT2D eigenvalue weighted by Crippen LogP contribution is -2.14. The Hall–Kier alpha value is -1.10. The van der Waals surface area contributed by atoms with Gasteiger partial charge >= 0.3 is 0 Å². The predicted octanol–water partition coefficient (Wildman–Crippen LogP) is 1.18. The molecule has 0 aliphatic heterocycles. The lowest BCUT2D eigenvalue weighted by atomic mass is 10.2. The number of anilines is 1. The Balaban J connectivity index is 3.49. The van der Waals surface area contributed by atoms with Gasteiger partial charge in [0, 0.05) is 19.5 Å². The maximum atomic E-state index is 11.1. The topological polar surface area (TPSA) is 68.7 Å². The molecule has 0 fully saturated rings. The maximum Gasteiger partial charge on any atom is 0.258 e. The number of rotatable bonds is 2. The summed E-state index contributed by atoms with van der Waals surface area (Å²) in [4.78, 5) is 13.6. The minimum Gasteiger partial charge on any atom is -0.386 e. The fraction of sp³-hybridized carbons (Fsp3) is 0.143. The minimum absolute atomic E-state index is 0.266. The van der Waals surface area contributed by atoms with Gasteiger partial charge in [-0.1, -0.05) is 0 Å². The summed E-state index contributed by atoms with van der Waals surface area (Å²) in [7, 11) is 1.70. The van der Waals surface area contributed by atoms with Crippen LogP contribution in [0.1, 0.15) is 5.56 Å². The third-order valence-corrected chi connectivity index (χ3v) is 2.10. The van der Waals surface area contributed by atoms with E-state index in [1.54, 1.807) is 13.2 Å². The van der Waals surface area contributed by atoms with E-state index < -0.39 is 0 Å². The second-order valence-corrected chi connectivity index (χ2v) is 3.00. The van der Waals surface area contributed by atoms with Crippen molar-refractivity contribution in [1.82, 2.24) is 4.98 Å². The standard InChI is InChI=1S/C7H8BrN3O/c1-10-6-4(2-9)7(12)11-3-5(6)8/h2-3,9H,1H3,(H2,10,11,12). The molecule has 0 bridgehead atoms. The molecule has 1 aromatic rings. The lowest BCUT2D eigenvalue weighted by molar-refractivity contribution is 1.21. The molecular formula is C7H8BrN3O. The Bertz CT molecular complexity index is 358. The van der Waals surface area contributed by atoms with Crippen LogP contribution in [-0.4, -0.2) is 18.2 Å². The van der Waals surface area contributed by atoms with Gasteiger partial charge in [-0.15, -0.1) is 0 Å². The molecule has 0 amide bonds. The van der Waals surface area contributed by atoms with Crippen molar-refractivity contribution in [1.29, 1.82) is 5.41 Å². The van der Waals surface area contributed by atoms with Crippen LogP contribution in [0.4, 0.5) is 5.69 Å². The zero-order valence-electron chi connectivity index (χ0n) is 6.44. The number of hydrogen-bond acceptors (Lipinski definition) is 3. The Kier molecular flexibility index (Phi) is 2.65. The Morgan fingerprint density at radius 3 is 2.83 bits per heavy atom. The molecular weight excluding hydrogens is 222 g/mol. The van der Waals surface area contributed by atoms with Gasteiger partial charge in [-0.05, 0) is 15.9 Å². The van der Waals surface area contributed by atoms with Gasteiger partial charge in [0.05, 0.1) is 15.7 Å². The fourth-order valence-electron chi connectivity index (χ4n) is 0.913. The third kappa shape index (κ3) is 1.40. The molecule has 0 unspecified atom stereocenters. The number of nitrogens with one attached hydrogen (secondary N) is 3. The molecule has 3 N–H and O–H groups in total. The van der Waals surface area contributed by atoms with E-state index in [9.17, 15) is 4.79 Å². The van der Waals surface area contributed by atoms with E-state index in [2.05, 4.69) is 26.2 Å². The molecule has 0 radical (unpaired) electrons. The first-order chi connectivity index (χ1) is 5.70. The zero-order chi connectivity index (χ0) is 9.14. The summed E-state index contributed by atoms with van der Waals surface area (Å²) in [6, 6.07) is 0. The van der Waals surface area contributed by atoms with Crippen molar-refractivity contribution in [2.45, 2.75) is 0 Å². The summed E-state index contributed by atoms with van der Waals surface area (Å²) in [6.45, 7) is 0. The molecule has 0 saturated carbocycles. The van der Waals surface area contributed by atoms with Crippen LogP contribution in [0.15, 0.2) is 15.5 Å². The van der Waals surface area contributed by atoms with Crippen molar-refractivity contribution in [3.63, 3.8) is 0 Å². The lowest BCUT2D eigenvalue weighted by Gasteiger charge is -2.04. The highest BCUT2D eigenvalue weighted by atomic mass is 79.9. The normalized spacial score (nSPS) is 9.50. The molecule has 12 heavy (non-hydrogen) atoms. The molecule has 64 valence electrons. The first kappa shape index (κ1) is 8.99. The molecule has 0 aliphatic carbocycles. The van der Waals surface area contributed by atoms with Gasteiger partial charge in [0.2, 0.25) is 0 Å². The third-order valence-electron chi connectivity index (χ3n) is 1.48. The summed E-state index contributed by atoms with van der Waals surface area (Å²) < 4.78 is 0.739. The number of aromatic nitrogens is 1. The van der Waals surface area contributed by atoms with Crippen LogP contribution in [0.2, 0.25) is 0 Å². The van der Waals surface area contributed by atoms with E-state index in [-0.39, 0.29) is 5.56 Å². The van der Waals surface area contributed by atoms with E-state index in [0.717, 1.165) is 10.7 Å². The van der Waals surface area contributed by atoms with Crippen molar-refractivity contribution in [2.24, 2.45) is 0 Å². The first-order valence-electron chi connectivity index (χ1n) is 3.30. The van der Waals surface area contributed by atoms with Gasteiger partial charge in [0.15, 0.2) is 0 Å². The number of hydrogen-bond donors (Lipinski definition) is 3. The van der Waals surface area contributed by atoms with Crippen molar-refractivity contribution in [3.8, 4) is 0 Å². The fourth-order valence-corrected chi connectivity index (χ4v) is 1.44. The average Bonchev–Trinajstić information content (AvgIpc) is 2.08. The maximum absolute atomic E-state index is 11.1. The van der Waals surface area contributed by atoms with Crippen molar-refractivity contribution >= 4 is 27.8 Å². The van der Waals surface area contributed by atoms with E-state index in [0.29, 0.717) is 11.3 Å². The van der Waals surface area contributed by atoms with Crippen LogP contribution < -0.4 is 10.9 Å². The average molecular weight is 230 g/mol. The van der Waals surface area contributed by atoms with Gasteiger partial charge in [-0.25, -0.2) is 0 Å². The monoisotopic (exact) mass is 229 g/mol.